The van der Waals surface area contributed by atoms with E-state index in [0.29, 0.717) is 0 Å². The van der Waals surface area contributed by atoms with E-state index in [1.807, 2.05) is 0 Å². The van der Waals surface area contributed by atoms with Crippen molar-refractivity contribution in [2.24, 2.45) is 0 Å². The van der Waals surface area contributed by atoms with Gasteiger partial charge in [-0.05, 0) is 13.8 Å². The zero-order valence-corrected chi connectivity index (χ0v) is 8.21. The molecule has 0 spiro atoms. The molecular weight excluding hydrogens is 160 g/mol. The van der Waals surface area contributed by atoms with Crippen LogP contribution in [0.4, 0.5) is 0 Å². The highest BCUT2D eigenvalue weighted by atomic mass is 16.5. The van der Waals surface area contributed by atoms with Crippen molar-refractivity contribution >= 4 is 11.8 Å². The van der Waals surface area contributed by atoms with E-state index < -0.39 is 0 Å². The summed E-state index contributed by atoms with van der Waals surface area (Å²) in [6, 6.07) is 0. The maximum Gasteiger partial charge on any atom is 0.302 e. The fraction of sp³-hybridized carbons (Fsp3) is 0.750. The number of hydrogen-bond donors (Lipinski definition) is 0. The van der Waals surface area contributed by atoms with Crippen LogP contribution in [0.3, 0.4) is 0 Å². The molecule has 0 bridgehead atoms. The van der Waals surface area contributed by atoms with Crippen molar-refractivity contribution in [1.82, 2.24) is 0 Å². The summed E-state index contributed by atoms with van der Waals surface area (Å²) in [5.74, 6) is -0.174. The van der Waals surface area contributed by atoms with Crippen LogP contribution >= 0.6 is 0 Å². The molecule has 0 aromatic carbocycles. The van der Waals surface area contributed by atoms with Gasteiger partial charge in [-0.25, -0.2) is 0 Å². The molecule has 0 aliphatic heterocycles. The molecule has 1 atom stereocenters. The molecule has 4 nitrogen and oxygen atoms in total. The van der Waals surface area contributed by atoms with Gasteiger partial charge in [0.05, 0.1) is 7.11 Å². The van der Waals surface area contributed by atoms with Crippen molar-refractivity contribution in [2.75, 3.05) is 14.2 Å². The van der Waals surface area contributed by atoms with Gasteiger partial charge in [-0.15, -0.1) is 0 Å². The van der Waals surface area contributed by atoms with Crippen molar-refractivity contribution in [3.8, 4) is 0 Å². The van der Waals surface area contributed by atoms with Crippen LogP contribution in [0.25, 0.3) is 0 Å². The van der Waals surface area contributed by atoms with Crippen LogP contribution in [0.1, 0.15) is 20.8 Å². The number of carbonyl (C=O) groups is 2. The number of methoxy groups -OCH3 is 2. The van der Waals surface area contributed by atoms with E-state index in [1.54, 1.807) is 6.92 Å². The molecule has 4 heteroatoms. The molecule has 0 N–H and O–H groups in total. The number of rotatable bonds is 2. The van der Waals surface area contributed by atoms with Crippen LogP contribution in [0.5, 0.6) is 0 Å². The number of ketones is 1. The first-order chi connectivity index (χ1) is 5.45. The molecule has 1 unspecified atom stereocenters. The van der Waals surface area contributed by atoms with Gasteiger partial charge in [0.1, 0.15) is 6.10 Å². The van der Waals surface area contributed by atoms with Gasteiger partial charge in [-0.1, -0.05) is 0 Å². The molecule has 0 heterocycles. The molecule has 0 rings (SSSR count). The lowest BCUT2D eigenvalue weighted by Gasteiger charge is -2.00. The highest BCUT2D eigenvalue weighted by Gasteiger charge is 2.01. The second kappa shape index (κ2) is 8.20. The SMILES string of the molecule is COC(C)=O.COC(C)C(C)=O. The molecule has 0 saturated carbocycles. The van der Waals surface area contributed by atoms with Gasteiger partial charge in [0.2, 0.25) is 0 Å². The van der Waals surface area contributed by atoms with Crippen molar-refractivity contribution < 1.29 is 19.1 Å². The maximum absolute atomic E-state index is 10.2. The third-order valence-corrected chi connectivity index (χ3v) is 1.21. The van der Waals surface area contributed by atoms with E-state index in [-0.39, 0.29) is 17.9 Å². The van der Waals surface area contributed by atoms with E-state index in [9.17, 15) is 9.59 Å². The van der Waals surface area contributed by atoms with Gasteiger partial charge in [-0.2, -0.15) is 0 Å². The smallest absolute Gasteiger partial charge is 0.302 e. The Morgan fingerprint density at radius 1 is 1.17 bits per heavy atom. The molecule has 0 radical (unpaired) electrons. The largest absolute Gasteiger partial charge is 0.469 e. The van der Waals surface area contributed by atoms with Gasteiger partial charge in [0, 0.05) is 14.0 Å². The number of ether oxygens (including phenoxy) is 2. The summed E-state index contributed by atoms with van der Waals surface area (Å²) in [5.41, 5.74) is 0. The Kier molecular flexibility index (Phi) is 9.34. The monoisotopic (exact) mass is 176 g/mol. The number of Topliss-reactive ketones (excluding diaryl/α,β-unsaturated/α-hetero) is 1. The van der Waals surface area contributed by atoms with Gasteiger partial charge in [-0.3, -0.25) is 9.59 Å². The summed E-state index contributed by atoms with van der Waals surface area (Å²) in [5, 5.41) is 0. The summed E-state index contributed by atoms with van der Waals surface area (Å²) in [6.45, 7) is 4.59. The van der Waals surface area contributed by atoms with E-state index >= 15 is 0 Å². The maximum atomic E-state index is 10.2. The summed E-state index contributed by atoms with van der Waals surface area (Å²) < 4.78 is 8.77. The molecular formula is C8H16O4. The van der Waals surface area contributed by atoms with E-state index in [1.165, 1.54) is 28.1 Å². The zero-order chi connectivity index (χ0) is 10.1. The Labute approximate surface area is 72.8 Å². The van der Waals surface area contributed by atoms with Crippen molar-refractivity contribution in [3.63, 3.8) is 0 Å². The first kappa shape index (κ1) is 13.7. The molecule has 0 aromatic heterocycles. The van der Waals surface area contributed by atoms with Gasteiger partial charge in [0.15, 0.2) is 5.78 Å². The average molecular weight is 176 g/mol. The topological polar surface area (TPSA) is 52.6 Å². The molecule has 0 aliphatic carbocycles. The predicted octanol–water partition coefficient (Wildman–Crippen LogP) is 0.790. The molecule has 12 heavy (non-hydrogen) atoms. The van der Waals surface area contributed by atoms with Gasteiger partial charge < -0.3 is 9.47 Å². The molecule has 0 amide bonds. The first-order valence-electron chi connectivity index (χ1n) is 3.53. The Bertz CT molecular complexity index is 142. The third kappa shape index (κ3) is 11.8. The number of esters is 1. The Hall–Kier alpha value is -0.900. The Balaban J connectivity index is 0. The van der Waals surface area contributed by atoms with Crippen molar-refractivity contribution in [1.29, 1.82) is 0 Å². The normalized spacial score (nSPS) is 10.8. The number of hydrogen-bond acceptors (Lipinski definition) is 4. The molecule has 0 saturated heterocycles. The molecule has 72 valence electrons. The van der Waals surface area contributed by atoms with Crippen LogP contribution in [0, 0.1) is 0 Å². The fourth-order valence-electron chi connectivity index (χ4n) is 0.166. The predicted molar refractivity (Wildman–Crippen MR) is 44.8 cm³/mol. The third-order valence-electron chi connectivity index (χ3n) is 1.21. The fourth-order valence-corrected chi connectivity index (χ4v) is 0.166. The highest BCUT2D eigenvalue weighted by Crippen LogP contribution is 1.85. The van der Waals surface area contributed by atoms with Gasteiger partial charge in [0.25, 0.3) is 0 Å². The minimum atomic E-state index is -0.245. The van der Waals surface area contributed by atoms with E-state index in [0.717, 1.165) is 0 Å². The Morgan fingerprint density at radius 2 is 1.50 bits per heavy atom. The lowest BCUT2D eigenvalue weighted by atomic mass is 10.3. The van der Waals surface area contributed by atoms with Crippen LogP contribution < -0.4 is 0 Å². The average Bonchev–Trinajstić information content (AvgIpc) is 2.04. The standard InChI is InChI=1S/C5H10O2.C3H6O2/c1-4(6)5(2)7-3;1-3(4)5-2/h5H,1-3H3;1-2H3. The summed E-state index contributed by atoms with van der Waals surface area (Å²) in [7, 11) is 2.87. The quantitative estimate of drug-likeness (QED) is 0.584. The highest BCUT2D eigenvalue weighted by molar-refractivity contribution is 5.79. The second-order valence-electron chi connectivity index (χ2n) is 2.18. The van der Waals surface area contributed by atoms with Crippen molar-refractivity contribution in [2.45, 2.75) is 26.9 Å². The van der Waals surface area contributed by atoms with Crippen LogP contribution in [0.2, 0.25) is 0 Å². The van der Waals surface area contributed by atoms with E-state index in [2.05, 4.69) is 9.47 Å². The minimum absolute atomic E-state index is 0.0718. The van der Waals surface area contributed by atoms with Crippen LogP contribution in [0.15, 0.2) is 0 Å². The molecule has 0 aliphatic rings. The van der Waals surface area contributed by atoms with Crippen molar-refractivity contribution in [3.05, 3.63) is 0 Å². The minimum Gasteiger partial charge on any atom is -0.469 e. The first-order valence-corrected chi connectivity index (χ1v) is 3.53. The Morgan fingerprint density at radius 3 is 1.50 bits per heavy atom. The molecule has 0 fully saturated rings. The molecule has 0 aromatic rings. The van der Waals surface area contributed by atoms with Gasteiger partial charge >= 0.3 is 5.97 Å². The number of carbonyl (C=O) groups excluding carboxylic acids is 2. The van der Waals surface area contributed by atoms with Crippen LogP contribution in [-0.4, -0.2) is 32.1 Å². The summed E-state index contributed by atoms with van der Waals surface area (Å²) >= 11 is 0. The summed E-state index contributed by atoms with van der Waals surface area (Å²) in [4.78, 5) is 19.8. The lowest BCUT2D eigenvalue weighted by molar-refractivity contribution is -0.138. The lowest BCUT2D eigenvalue weighted by Crippen LogP contribution is -2.14. The second-order valence-corrected chi connectivity index (χ2v) is 2.18. The zero-order valence-electron chi connectivity index (χ0n) is 8.21. The van der Waals surface area contributed by atoms with Crippen LogP contribution in [-0.2, 0) is 19.1 Å². The van der Waals surface area contributed by atoms with E-state index in [4.69, 9.17) is 0 Å². The summed E-state index contributed by atoms with van der Waals surface area (Å²) in [6.07, 6.45) is -0.236.